The molecule has 1 aromatic carbocycles. The van der Waals surface area contributed by atoms with E-state index >= 15 is 0 Å². The maximum atomic E-state index is 11.8. The molecule has 1 atom stereocenters. The predicted molar refractivity (Wildman–Crippen MR) is 116 cm³/mol. The van der Waals surface area contributed by atoms with Crippen LogP contribution in [-0.2, 0) is 0 Å². The van der Waals surface area contributed by atoms with Crippen LogP contribution in [0.3, 0.4) is 0 Å². The Morgan fingerprint density at radius 3 is 2.93 bits per heavy atom. The average molecular weight is 396 g/mol. The van der Waals surface area contributed by atoms with E-state index in [0.717, 1.165) is 19.3 Å². The number of benzene rings is 1. The number of carbonyl (C=O) groups is 1. The molecular formula is C20H28N8O. The molecule has 0 aliphatic rings. The first kappa shape index (κ1) is 21.9. The highest BCUT2D eigenvalue weighted by Crippen LogP contribution is 2.25. The van der Waals surface area contributed by atoms with E-state index in [1.165, 1.54) is 12.4 Å². The van der Waals surface area contributed by atoms with Gasteiger partial charge in [-0.15, -0.1) is 0 Å². The molecule has 0 aliphatic heterocycles. The first-order valence-corrected chi connectivity index (χ1v) is 9.59. The highest BCUT2D eigenvalue weighted by atomic mass is 16.1. The third-order valence-electron chi connectivity index (χ3n) is 4.46. The summed E-state index contributed by atoms with van der Waals surface area (Å²) in [7, 11) is 1.94. The third-order valence-corrected chi connectivity index (χ3v) is 4.46. The van der Waals surface area contributed by atoms with Crippen molar-refractivity contribution in [2.45, 2.75) is 39.2 Å². The average Bonchev–Trinajstić information content (AvgIpc) is 2.71. The van der Waals surface area contributed by atoms with Gasteiger partial charge in [0.15, 0.2) is 0 Å². The molecule has 1 heterocycles. The lowest BCUT2D eigenvalue weighted by Crippen LogP contribution is -2.31. The van der Waals surface area contributed by atoms with Crippen LogP contribution in [-0.4, -0.2) is 41.7 Å². The summed E-state index contributed by atoms with van der Waals surface area (Å²) >= 11 is 0. The van der Waals surface area contributed by atoms with Crippen LogP contribution in [0.1, 0.15) is 43.5 Å². The van der Waals surface area contributed by atoms with E-state index in [4.69, 9.17) is 11.1 Å². The number of nitrogens with one attached hydrogen (secondary N) is 2. The van der Waals surface area contributed by atoms with Gasteiger partial charge in [-0.05, 0) is 31.5 Å². The molecule has 154 valence electrons. The Balaban J connectivity index is 2.29. The van der Waals surface area contributed by atoms with Gasteiger partial charge in [0.1, 0.15) is 11.4 Å². The summed E-state index contributed by atoms with van der Waals surface area (Å²) in [6, 6.07) is 7.47. The van der Waals surface area contributed by atoms with Crippen molar-refractivity contribution in [1.82, 2.24) is 9.97 Å². The third kappa shape index (κ3) is 6.34. The van der Waals surface area contributed by atoms with E-state index in [9.17, 15) is 4.79 Å². The van der Waals surface area contributed by atoms with Gasteiger partial charge in [-0.3, -0.25) is 4.79 Å². The molecular weight excluding hydrogens is 368 g/mol. The summed E-state index contributed by atoms with van der Waals surface area (Å²) in [5, 5.41) is 18.1. The van der Waals surface area contributed by atoms with Crippen LogP contribution in [0.15, 0.2) is 40.7 Å². The van der Waals surface area contributed by atoms with Crippen molar-refractivity contribution < 1.29 is 4.79 Å². The monoisotopic (exact) mass is 396 g/mol. The topological polar surface area (TPSA) is 133 Å². The van der Waals surface area contributed by atoms with E-state index in [1.807, 2.05) is 24.1 Å². The van der Waals surface area contributed by atoms with Crippen LogP contribution in [0, 0.1) is 5.41 Å². The number of nitrogens with two attached hydrogens (primary N) is 1. The molecule has 4 N–H and O–H groups in total. The van der Waals surface area contributed by atoms with Gasteiger partial charge in [0, 0.05) is 31.2 Å². The molecule has 9 heteroatoms. The molecule has 29 heavy (non-hydrogen) atoms. The molecule has 1 aromatic heterocycles. The SMILES string of the molecule is CCCCC(C)N(C)c1ncc(C(N)=O)c(Nc2cccc(N=NCC=N)c2)n1. The number of azo groups is 1. The number of unbranched alkanes of at least 4 members (excludes halogenated alkanes) is 1. The number of hydrogen-bond donors (Lipinski definition) is 3. The van der Waals surface area contributed by atoms with Crippen LogP contribution < -0.4 is 16.0 Å². The van der Waals surface area contributed by atoms with Crippen LogP contribution in [0.5, 0.6) is 0 Å². The number of aromatic nitrogens is 2. The fraction of sp³-hybridized carbons (Fsp3) is 0.400. The summed E-state index contributed by atoms with van der Waals surface area (Å²) in [6.45, 7) is 4.50. The summed E-state index contributed by atoms with van der Waals surface area (Å²) in [5.74, 6) is 0.246. The van der Waals surface area contributed by atoms with Gasteiger partial charge in [0.05, 0.1) is 12.2 Å². The highest BCUT2D eigenvalue weighted by molar-refractivity contribution is 5.98. The Labute approximate surface area is 171 Å². The van der Waals surface area contributed by atoms with Crippen molar-refractivity contribution in [2.24, 2.45) is 16.0 Å². The van der Waals surface area contributed by atoms with Gasteiger partial charge in [-0.25, -0.2) is 4.98 Å². The minimum atomic E-state index is -0.609. The smallest absolute Gasteiger partial charge is 0.254 e. The van der Waals surface area contributed by atoms with E-state index < -0.39 is 5.91 Å². The molecule has 9 nitrogen and oxygen atoms in total. The molecule has 1 unspecified atom stereocenters. The number of rotatable bonds is 11. The zero-order chi connectivity index (χ0) is 21.2. The minimum absolute atomic E-state index is 0.208. The first-order valence-electron chi connectivity index (χ1n) is 9.59. The van der Waals surface area contributed by atoms with Gasteiger partial charge in [-0.1, -0.05) is 25.8 Å². The molecule has 0 saturated heterocycles. The first-order chi connectivity index (χ1) is 14.0. The van der Waals surface area contributed by atoms with Crippen LogP contribution in [0.4, 0.5) is 23.1 Å². The fourth-order valence-electron chi connectivity index (χ4n) is 2.65. The number of hydrogen-bond acceptors (Lipinski definition) is 8. The van der Waals surface area contributed by atoms with E-state index in [1.54, 1.807) is 12.1 Å². The molecule has 0 radical (unpaired) electrons. The van der Waals surface area contributed by atoms with Crippen molar-refractivity contribution in [2.75, 3.05) is 23.8 Å². The highest BCUT2D eigenvalue weighted by Gasteiger charge is 2.17. The Morgan fingerprint density at radius 2 is 2.24 bits per heavy atom. The summed E-state index contributed by atoms with van der Waals surface area (Å²) in [6.07, 6.45) is 5.89. The molecule has 0 aliphatic carbocycles. The van der Waals surface area contributed by atoms with Crippen molar-refractivity contribution in [3.05, 3.63) is 36.0 Å². The Hall–Kier alpha value is -3.36. The van der Waals surface area contributed by atoms with Crippen molar-refractivity contribution >= 4 is 35.3 Å². The second-order valence-corrected chi connectivity index (χ2v) is 6.70. The Morgan fingerprint density at radius 1 is 1.45 bits per heavy atom. The quantitative estimate of drug-likeness (QED) is 0.389. The normalized spacial score (nSPS) is 12.0. The molecule has 0 spiro atoms. The summed E-state index contributed by atoms with van der Waals surface area (Å²) in [5.41, 5.74) is 7.02. The molecule has 2 rings (SSSR count). The lowest BCUT2D eigenvalue weighted by molar-refractivity contribution is 0.100. The van der Waals surface area contributed by atoms with E-state index in [2.05, 4.69) is 39.4 Å². The molecule has 0 saturated carbocycles. The maximum Gasteiger partial charge on any atom is 0.254 e. The standard InChI is InChI=1S/C20H28N8O/c1-4-5-7-14(2)28(3)20-23-13-17(18(22)29)19(26-20)25-15-8-6-9-16(12-15)27-24-11-10-21/h6,8-10,12-14,21H,4-5,7,11H2,1-3H3,(H2,22,29)(H,23,25,26). The second-order valence-electron chi connectivity index (χ2n) is 6.70. The largest absolute Gasteiger partial charge is 0.365 e. The van der Waals surface area contributed by atoms with Crippen LogP contribution >= 0.6 is 0 Å². The van der Waals surface area contributed by atoms with Gasteiger partial charge in [-0.2, -0.15) is 15.2 Å². The minimum Gasteiger partial charge on any atom is -0.365 e. The van der Waals surface area contributed by atoms with E-state index in [0.29, 0.717) is 23.1 Å². The van der Waals surface area contributed by atoms with E-state index in [-0.39, 0.29) is 18.2 Å². The number of primary amides is 1. The molecule has 0 fully saturated rings. The van der Waals surface area contributed by atoms with Crippen LogP contribution in [0.25, 0.3) is 0 Å². The number of amides is 1. The molecule has 2 aromatic rings. The summed E-state index contributed by atoms with van der Waals surface area (Å²) < 4.78 is 0. The number of anilines is 3. The number of carbonyl (C=O) groups excluding carboxylic acids is 1. The maximum absolute atomic E-state index is 11.8. The van der Waals surface area contributed by atoms with Crippen LogP contribution in [0.2, 0.25) is 0 Å². The van der Waals surface area contributed by atoms with Gasteiger partial charge in [0.25, 0.3) is 5.91 Å². The summed E-state index contributed by atoms with van der Waals surface area (Å²) in [4.78, 5) is 22.7. The predicted octanol–water partition coefficient (Wildman–Crippen LogP) is 4.07. The van der Waals surface area contributed by atoms with Crippen molar-refractivity contribution in [3.63, 3.8) is 0 Å². The Kier molecular flexibility index (Phi) is 8.20. The second kappa shape index (κ2) is 10.8. The Bertz CT molecular complexity index is 867. The van der Waals surface area contributed by atoms with Crippen molar-refractivity contribution in [1.29, 1.82) is 5.41 Å². The van der Waals surface area contributed by atoms with Gasteiger partial charge in [0.2, 0.25) is 5.95 Å². The molecule has 1 amide bonds. The molecule has 0 bridgehead atoms. The van der Waals surface area contributed by atoms with Crippen molar-refractivity contribution in [3.8, 4) is 0 Å². The zero-order valence-electron chi connectivity index (χ0n) is 17.1. The van der Waals surface area contributed by atoms with Gasteiger partial charge >= 0.3 is 0 Å². The lowest BCUT2D eigenvalue weighted by Gasteiger charge is -2.25. The zero-order valence-corrected chi connectivity index (χ0v) is 17.1. The lowest BCUT2D eigenvalue weighted by atomic mass is 10.1. The van der Waals surface area contributed by atoms with Gasteiger partial charge < -0.3 is 21.4 Å². The number of nitrogens with zero attached hydrogens (tertiary/aromatic N) is 5. The fourth-order valence-corrected chi connectivity index (χ4v) is 2.65.